The normalized spacial score (nSPS) is 15.4. The second-order valence-electron chi connectivity index (χ2n) is 5.93. The first kappa shape index (κ1) is 17.0. The van der Waals surface area contributed by atoms with Crippen molar-refractivity contribution < 1.29 is 18.7 Å². The van der Waals surface area contributed by atoms with Crippen molar-refractivity contribution in [1.29, 1.82) is 0 Å². The molecule has 1 aliphatic rings. The Labute approximate surface area is 145 Å². The Morgan fingerprint density at radius 1 is 1.20 bits per heavy atom. The molecule has 0 saturated carbocycles. The van der Waals surface area contributed by atoms with Gasteiger partial charge in [-0.2, -0.15) is 0 Å². The predicted octanol–water partition coefficient (Wildman–Crippen LogP) is 2.79. The maximum absolute atomic E-state index is 13.5. The lowest BCUT2D eigenvalue weighted by Gasteiger charge is -2.19. The Bertz CT molecular complexity index is 794. The van der Waals surface area contributed by atoms with Gasteiger partial charge in [-0.15, -0.1) is 0 Å². The summed E-state index contributed by atoms with van der Waals surface area (Å²) < 4.78 is 18.8. The molecule has 5 nitrogen and oxygen atoms in total. The minimum Gasteiger partial charge on any atom is -0.489 e. The Balaban J connectivity index is 1.53. The van der Waals surface area contributed by atoms with Crippen molar-refractivity contribution in [2.75, 3.05) is 25.5 Å². The lowest BCUT2D eigenvalue weighted by atomic mass is 9.97. The van der Waals surface area contributed by atoms with Crippen LogP contribution in [0.4, 0.5) is 10.1 Å². The van der Waals surface area contributed by atoms with E-state index in [1.165, 1.54) is 17.0 Å². The molecule has 6 heteroatoms. The first-order valence-electron chi connectivity index (χ1n) is 8.07. The molecule has 130 valence electrons. The molecule has 0 fully saturated rings. The molecule has 2 aromatic rings. The molecule has 0 aliphatic carbocycles. The lowest BCUT2D eigenvalue weighted by Crippen LogP contribution is -2.32. The number of hydrogen-bond donors (Lipinski definition) is 1. The molecular weight excluding hydrogens is 323 g/mol. The van der Waals surface area contributed by atoms with Gasteiger partial charge in [-0.25, -0.2) is 4.39 Å². The first-order chi connectivity index (χ1) is 12.1. The van der Waals surface area contributed by atoms with Crippen molar-refractivity contribution in [3.05, 3.63) is 59.9 Å². The Morgan fingerprint density at radius 2 is 1.92 bits per heavy atom. The van der Waals surface area contributed by atoms with Crippen LogP contribution in [0.25, 0.3) is 0 Å². The first-order valence-corrected chi connectivity index (χ1v) is 8.07. The fourth-order valence-corrected chi connectivity index (χ4v) is 2.79. The maximum Gasteiger partial charge on any atom is 0.232 e. The van der Waals surface area contributed by atoms with Crippen molar-refractivity contribution in [2.24, 2.45) is 0 Å². The molecule has 3 rings (SSSR count). The molecule has 1 heterocycles. The van der Waals surface area contributed by atoms with E-state index in [-0.39, 0.29) is 30.6 Å². The lowest BCUT2D eigenvalue weighted by molar-refractivity contribution is -0.132. The summed E-state index contributed by atoms with van der Waals surface area (Å²) in [6.07, 6.45) is 0.0963. The molecule has 25 heavy (non-hydrogen) atoms. The summed E-state index contributed by atoms with van der Waals surface area (Å²) in [6, 6.07) is 13.5. The number of carbonyl (C=O) groups is 2. The van der Waals surface area contributed by atoms with E-state index in [0.29, 0.717) is 6.54 Å². The topological polar surface area (TPSA) is 58.6 Å². The zero-order valence-electron chi connectivity index (χ0n) is 13.9. The summed E-state index contributed by atoms with van der Waals surface area (Å²) in [4.78, 5) is 26.0. The van der Waals surface area contributed by atoms with Gasteiger partial charge in [0, 0.05) is 19.2 Å². The van der Waals surface area contributed by atoms with E-state index < -0.39 is 11.7 Å². The smallest absolute Gasteiger partial charge is 0.232 e. The average molecular weight is 342 g/mol. The number of para-hydroxylation sites is 2. The Kier molecular flexibility index (Phi) is 4.97. The third kappa shape index (κ3) is 3.79. The second kappa shape index (κ2) is 7.34. The fraction of sp³-hybridized carbons (Fsp3) is 0.263. The van der Waals surface area contributed by atoms with Gasteiger partial charge in [0.2, 0.25) is 11.8 Å². The van der Waals surface area contributed by atoms with E-state index in [1.54, 1.807) is 19.2 Å². The highest BCUT2D eigenvalue weighted by atomic mass is 19.1. The standard InChI is InChI=1S/C19H19FN2O3/c1-22(10-11-25-17-9-5-3-7-15(17)20)18(23)12-14-13-6-2-4-8-16(13)21-19(14)24/h2-9,14H,10-12H2,1H3,(H,21,24). The van der Waals surface area contributed by atoms with Crippen LogP contribution in [0, 0.1) is 5.82 Å². The number of ether oxygens (including phenoxy) is 1. The van der Waals surface area contributed by atoms with Crippen LogP contribution in [-0.2, 0) is 9.59 Å². The van der Waals surface area contributed by atoms with Gasteiger partial charge in [-0.05, 0) is 23.8 Å². The van der Waals surface area contributed by atoms with Crippen LogP contribution in [0.2, 0.25) is 0 Å². The van der Waals surface area contributed by atoms with Crippen LogP contribution >= 0.6 is 0 Å². The third-order valence-electron chi connectivity index (χ3n) is 4.24. The van der Waals surface area contributed by atoms with Gasteiger partial charge in [0.25, 0.3) is 0 Å². The summed E-state index contributed by atoms with van der Waals surface area (Å²) in [5, 5.41) is 2.79. The molecule has 0 radical (unpaired) electrons. The van der Waals surface area contributed by atoms with Crippen LogP contribution in [-0.4, -0.2) is 36.9 Å². The fourth-order valence-electron chi connectivity index (χ4n) is 2.79. The molecular formula is C19H19FN2O3. The van der Waals surface area contributed by atoms with Crippen molar-refractivity contribution in [1.82, 2.24) is 4.90 Å². The van der Waals surface area contributed by atoms with Crippen LogP contribution < -0.4 is 10.1 Å². The molecule has 2 aromatic carbocycles. The summed E-state index contributed by atoms with van der Waals surface area (Å²) in [7, 11) is 1.64. The quantitative estimate of drug-likeness (QED) is 0.878. The molecule has 0 spiro atoms. The van der Waals surface area contributed by atoms with Gasteiger partial charge in [0.1, 0.15) is 6.61 Å². The van der Waals surface area contributed by atoms with Crippen LogP contribution in [0.1, 0.15) is 17.9 Å². The molecule has 1 atom stereocenters. The molecule has 2 amide bonds. The van der Waals surface area contributed by atoms with Crippen molar-refractivity contribution >= 4 is 17.5 Å². The number of benzene rings is 2. The molecule has 1 aliphatic heterocycles. The van der Waals surface area contributed by atoms with Gasteiger partial charge >= 0.3 is 0 Å². The number of fused-ring (bicyclic) bond motifs is 1. The average Bonchev–Trinajstić information content (AvgIpc) is 2.92. The number of hydrogen-bond acceptors (Lipinski definition) is 3. The summed E-state index contributed by atoms with van der Waals surface area (Å²) in [5.41, 5.74) is 1.60. The molecule has 0 aromatic heterocycles. The Hall–Kier alpha value is -2.89. The molecule has 0 saturated heterocycles. The van der Waals surface area contributed by atoms with E-state index in [9.17, 15) is 14.0 Å². The Morgan fingerprint density at radius 3 is 2.72 bits per heavy atom. The molecule has 0 bridgehead atoms. The number of likely N-dealkylation sites (N-methyl/N-ethyl adjacent to an activating group) is 1. The minimum atomic E-state index is -0.473. The SMILES string of the molecule is CN(CCOc1ccccc1F)C(=O)CC1C(=O)Nc2ccccc21. The van der Waals surface area contributed by atoms with Crippen LogP contribution in [0.3, 0.4) is 0 Å². The van der Waals surface area contributed by atoms with Gasteiger partial charge < -0.3 is 15.0 Å². The van der Waals surface area contributed by atoms with Crippen LogP contribution in [0.5, 0.6) is 5.75 Å². The van der Waals surface area contributed by atoms with Crippen LogP contribution in [0.15, 0.2) is 48.5 Å². The van der Waals surface area contributed by atoms with Gasteiger partial charge in [-0.1, -0.05) is 30.3 Å². The summed E-state index contributed by atoms with van der Waals surface area (Å²) in [5.74, 6) is -1.07. The zero-order chi connectivity index (χ0) is 17.8. The van der Waals surface area contributed by atoms with Gasteiger partial charge in [-0.3, -0.25) is 9.59 Å². The molecule has 1 unspecified atom stereocenters. The highest BCUT2D eigenvalue weighted by Crippen LogP contribution is 2.34. The number of amides is 2. The highest BCUT2D eigenvalue weighted by molar-refractivity contribution is 6.04. The van der Waals surface area contributed by atoms with Crippen molar-refractivity contribution in [2.45, 2.75) is 12.3 Å². The number of nitrogens with one attached hydrogen (secondary N) is 1. The molecule has 1 N–H and O–H groups in total. The number of anilines is 1. The van der Waals surface area contributed by atoms with Crippen molar-refractivity contribution in [3.8, 4) is 5.75 Å². The van der Waals surface area contributed by atoms with E-state index in [2.05, 4.69) is 5.32 Å². The monoisotopic (exact) mass is 342 g/mol. The van der Waals surface area contributed by atoms with E-state index in [0.717, 1.165) is 11.3 Å². The van der Waals surface area contributed by atoms with E-state index >= 15 is 0 Å². The van der Waals surface area contributed by atoms with Crippen molar-refractivity contribution in [3.63, 3.8) is 0 Å². The maximum atomic E-state index is 13.5. The second-order valence-corrected chi connectivity index (χ2v) is 5.93. The number of carbonyl (C=O) groups excluding carboxylic acids is 2. The minimum absolute atomic E-state index is 0.0963. The number of halogens is 1. The predicted molar refractivity (Wildman–Crippen MR) is 92.0 cm³/mol. The van der Waals surface area contributed by atoms with Gasteiger partial charge in [0.15, 0.2) is 11.6 Å². The summed E-state index contributed by atoms with van der Waals surface area (Å²) in [6.45, 7) is 0.486. The number of rotatable bonds is 6. The van der Waals surface area contributed by atoms with E-state index in [1.807, 2.05) is 24.3 Å². The van der Waals surface area contributed by atoms with E-state index in [4.69, 9.17) is 4.74 Å². The largest absolute Gasteiger partial charge is 0.489 e. The highest BCUT2D eigenvalue weighted by Gasteiger charge is 2.32. The zero-order valence-corrected chi connectivity index (χ0v) is 13.9. The van der Waals surface area contributed by atoms with Gasteiger partial charge in [0.05, 0.1) is 12.5 Å². The number of nitrogens with zero attached hydrogens (tertiary/aromatic N) is 1. The summed E-state index contributed by atoms with van der Waals surface area (Å²) >= 11 is 0. The third-order valence-corrected chi connectivity index (χ3v) is 4.24.